The second kappa shape index (κ2) is 7.77. The van der Waals surface area contributed by atoms with Gasteiger partial charge < -0.3 is 10.6 Å². The molecule has 4 nitrogen and oxygen atoms in total. The molecule has 0 aromatic heterocycles. The zero-order chi connectivity index (χ0) is 16.1. The number of nitrogens with one attached hydrogen (secondary N) is 2. The number of anilines is 1. The van der Waals surface area contributed by atoms with Gasteiger partial charge in [0.15, 0.2) is 17.5 Å². The monoisotopic (exact) mass is 350 g/mol. The molecule has 1 aromatic rings. The van der Waals surface area contributed by atoms with Gasteiger partial charge in [-0.1, -0.05) is 0 Å². The summed E-state index contributed by atoms with van der Waals surface area (Å²) in [5, 5.41) is 4.32. The largest absolute Gasteiger partial charge is 0.346 e. The van der Waals surface area contributed by atoms with E-state index in [0.29, 0.717) is 11.8 Å². The Labute approximate surface area is 133 Å². The molecular weight excluding hydrogens is 337 g/mol. The van der Waals surface area contributed by atoms with Gasteiger partial charge in [-0.25, -0.2) is 13.2 Å². The molecule has 2 amide bonds. The van der Waals surface area contributed by atoms with Crippen molar-refractivity contribution in [3.63, 3.8) is 0 Å². The van der Waals surface area contributed by atoms with Gasteiger partial charge in [0.05, 0.1) is 17.5 Å². The van der Waals surface area contributed by atoms with Gasteiger partial charge >= 0.3 is 0 Å². The Morgan fingerprint density at radius 1 is 1.18 bits per heavy atom. The molecular formula is C13H13F3N2O2S2. The van der Waals surface area contributed by atoms with Crippen LogP contribution in [0.25, 0.3) is 0 Å². The fraction of sp³-hybridized carbons (Fsp3) is 0.385. The van der Waals surface area contributed by atoms with Crippen LogP contribution in [-0.4, -0.2) is 40.9 Å². The van der Waals surface area contributed by atoms with Crippen molar-refractivity contribution in [3.8, 4) is 0 Å². The minimum Gasteiger partial charge on any atom is -0.346 e. The number of hydrogen-bond acceptors (Lipinski definition) is 4. The van der Waals surface area contributed by atoms with Crippen molar-refractivity contribution in [1.29, 1.82) is 0 Å². The van der Waals surface area contributed by atoms with E-state index in [2.05, 4.69) is 10.6 Å². The molecule has 1 aliphatic rings. The fourth-order valence-corrected chi connectivity index (χ4v) is 4.32. The van der Waals surface area contributed by atoms with Crippen LogP contribution in [0.2, 0.25) is 0 Å². The van der Waals surface area contributed by atoms with Gasteiger partial charge in [-0.2, -0.15) is 11.8 Å². The summed E-state index contributed by atoms with van der Waals surface area (Å²) < 4.78 is 39.2. The highest BCUT2D eigenvalue weighted by molar-refractivity contribution is 8.07. The lowest BCUT2D eigenvalue weighted by Crippen LogP contribution is -2.40. The lowest BCUT2D eigenvalue weighted by Gasteiger charge is -2.20. The topological polar surface area (TPSA) is 58.2 Å². The van der Waals surface area contributed by atoms with Crippen LogP contribution < -0.4 is 10.6 Å². The average Bonchev–Trinajstić information content (AvgIpc) is 2.54. The van der Waals surface area contributed by atoms with Crippen LogP contribution >= 0.6 is 23.5 Å². The fourth-order valence-electron chi connectivity index (χ4n) is 1.74. The minimum atomic E-state index is -1.66. The predicted molar refractivity (Wildman–Crippen MR) is 81.5 cm³/mol. The van der Waals surface area contributed by atoms with Crippen molar-refractivity contribution in [1.82, 2.24) is 5.32 Å². The smallest absolute Gasteiger partial charge is 0.243 e. The second-order valence-electron chi connectivity index (χ2n) is 4.42. The van der Waals surface area contributed by atoms with E-state index in [1.807, 2.05) is 0 Å². The number of hydrogen-bond donors (Lipinski definition) is 2. The van der Waals surface area contributed by atoms with Crippen LogP contribution in [0.15, 0.2) is 12.1 Å². The highest BCUT2D eigenvalue weighted by Crippen LogP contribution is 2.24. The number of carbonyl (C=O) groups is 2. The van der Waals surface area contributed by atoms with E-state index >= 15 is 0 Å². The maximum absolute atomic E-state index is 13.4. The van der Waals surface area contributed by atoms with Gasteiger partial charge in [0.1, 0.15) is 0 Å². The molecule has 22 heavy (non-hydrogen) atoms. The van der Waals surface area contributed by atoms with Crippen LogP contribution in [-0.2, 0) is 9.59 Å². The first-order valence-corrected chi connectivity index (χ1v) is 8.60. The number of amides is 2. The quantitative estimate of drug-likeness (QED) is 0.816. The van der Waals surface area contributed by atoms with Crippen molar-refractivity contribution >= 4 is 41.0 Å². The first-order valence-electron chi connectivity index (χ1n) is 6.39. The molecule has 0 spiro atoms. The summed E-state index contributed by atoms with van der Waals surface area (Å²) in [4.78, 5) is 23.4. The number of benzene rings is 1. The zero-order valence-corrected chi connectivity index (χ0v) is 13.0. The molecule has 1 heterocycles. The minimum absolute atomic E-state index is 0.216. The molecule has 1 unspecified atom stereocenters. The molecule has 1 atom stereocenters. The van der Waals surface area contributed by atoms with Crippen LogP contribution in [0.3, 0.4) is 0 Å². The normalized spacial score (nSPS) is 17.9. The van der Waals surface area contributed by atoms with E-state index in [-0.39, 0.29) is 17.7 Å². The van der Waals surface area contributed by atoms with Gasteiger partial charge in [0.2, 0.25) is 11.8 Å². The first kappa shape index (κ1) is 17.0. The number of thioether (sulfide) groups is 2. The number of rotatable bonds is 4. The Kier molecular flexibility index (Phi) is 6.01. The van der Waals surface area contributed by atoms with Crippen LogP contribution in [0.5, 0.6) is 0 Å². The standard InChI is InChI=1S/C13H13F3N2O2S2/c14-7-1-2-8(12(16)11(7)15)18-10(19)5-17-13(20)9-6-21-3-4-22-9/h1-2,9H,3-6H2,(H,17,20)(H,18,19). The van der Waals surface area contributed by atoms with E-state index in [0.717, 1.165) is 17.6 Å². The van der Waals surface area contributed by atoms with Crippen LogP contribution in [0.4, 0.5) is 18.9 Å². The summed E-state index contributed by atoms with van der Waals surface area (Å²) >= 11 is 3.18. The van der Waals surface area contributed by atoms with Gasteiger partial charge in [-0.05, 0) is 12.1 Å². The van der Waals surface area contributed by atoms with E-state index in [4.69, 9.17) is 0 Å². The Balaban J connectivity index is 1.85. The lowest BCUT2D eigenvalue weighted by molar-refractivity contribution is -0.123. The van der Waals surface area contributed by atoms with Crippen LogP contribution in [0.1, 0.15) is 0 Å². The molecule has 9 heteroatoms. The molecule has 0 radical (unpaired) electrons. The number of halogens is 3. The molecule has 0 saturated carbocycles. The van der Waals surface area contributed by atoms with E-state index in [1.54, 1.807) is 11.8 Å². The summed E-state index contributed by atoms with van der Waals surface area (Å²) in [5.41, 5.74) is -0.472. The third-order valence-corrected chi connectivity index (χ3v) is 5.60. The van der Waals surface area contributed by atoms with Crippen molar-refractivity contribution in [2.24, 2.45) is 0 Å². The molecule has 120 valence electrons. The van der Waals surface area contributed by atoms with Crippen molar-refractivity contribution < 1.29 is 22.8 Å². The maximum Gasteiger partial charge on any atom is 0.243 e. The maximum atomic E-state index is 13.4. The highest BCUT2D eigenvalue weighted by atomic mass is 32.2. The Hall–Kier alpha value is -1.35. The molecule has 2 N–H and O–H groups in total. The Morgan fingerprint density at radius 3 is 2.64 bits per heavy atom. The third kappa shape index (κ3) is 4.33. The molecule has 1 aliphatic heterocycles. The zero-order valence-electron chi connectivity index (χ0n) is 11.3. The van der Waals surface area contributed by atoms with Crippen molar-refractivity contribution in [2.45, 2.75) is 5.25 Å². The van der Waals surface area contributed by atoms with Crippen molar-refractivity contribution in [2.75, 3.05) is 29.1 Å². The molecule has 0 bridgehead atoms. The van der Waals surface area contributed by atoms with Gasteiger partial charge in [0.25, 0.3) is 0 Å². The van der Waals surface area contributed by atoms with Crippen LogP contribution in [0, 0.1) is 17.5 Å². The summed E-state index contributed by atoms with van der Waals surface area (Å²) in [6, 6.07) is 1.63. The van der Waals surface area contributed by atoms with E-state index in [9.17, 15) is 22.8 Å². The molecule has 1 aromatic carbocycles. The Morgan fingerprint density at radius 2 is 1.95 bits per heavy atom. The molecule has 1 saturated heterocycles. The van der Waals surface area contributed by atoms with E-state index < -0.39 is 29.0 Å². The summed E-state index contributed by atoms with van der Waals surface area (Å²) in [7, 11) is 0. The average molecular weight is 350 g/mol. The van der Waals surface area contributed by atoms with Gasteiger partial charge in [-0.15, -0.1) is 11.8 Å². The lowest BCUT2D eigenvalue weighted by atomic mass is 10.2. The second-order valence-corrected chi connectivity index (χ2v) is 6.88. The van der Waals surface area contributed by atoms with Gasteiger partial charge in [0, 0.05) is 17.3 Å². The first-order chi connectivity index (χ1) is 10.5. The molecule has 0 aliphatic carbocycles. The SMILES string of the molecule is O=C(CNC(=O)C1CSCCS1)Nc1ccc(F)c(F)c1F. The number of carbonyl (C=O) groups excluding carboxylic acids is 2. The summed E-state index contributed by atoms with van der Waals surface area (Å²) in [6.45, 7) is -0.362. The van der Waals surface area contributed by atoms with Crippen molar-refractivity contribution in [3.05, 3.63) is 29.6 Å². The summed E-state index contributed by atoms with van der Waals surface area (Å²) in [6.07, 6.45) is 0. The third-order valence-electron chi connectivity index (χ3n) is 2.84. The molecule has 1 fully saturated rings. The highest BCUT2D eigenvalue weighted by Gasteiger charge is 2.22. The Bertz CT molecular complexity index is 581. The summed E-state index contributed by atoms with van der Waals surface area (Å²) in [5.74, 6) is -2.91. The predicted octanol–water partition coefficient (Wildman–Crippen LogP) is 2.01. The molecule has 2 rings (SSSR count). The van der Waals surface area contributed by atoms with Gasteiger partial charge in [-0.3, -0.25) is 9.59 Å². The van der Waals surface area contributed by atoms with E-state index in [1.165, 1.54) is 11.8 Å².